The number of aromatic nitrogens is 4. The number of fused-ring (bicyclic) bond motifs is 1. The Balaban J connectivity index is 1.46. The van der Waals surface area contributed by atoms with Gasteiger partial charge in [-0.25, -0.2) is 9.97 Å². The molecule has 26 heavy (non-hydrogen) atoms. The van der Waals surface area contributed by atoms with Crippen molar-refractivity contribution in [2.24, 2.45) is 0 Å². The smallest absolute Gasteiger partial charge is 0.360 e. The van der Waals surface area contributed by atoms with Crippen molar-refractivity contribution in [1.29, 1.82) is 0 Å². The topological polar surface area (TPSA) is 101 Å². The Kier molecular flexibility index (Phi) is 4.19. The van der Waals surface area contributed by atoms with E-state index in [-0.39, 0.29) is 16.8 Å². The molecule has 1 aliphatic rings. The van der Waals surface area contributed by atoms with Crippen molar-refractivity contribution < 1.29 is 4.92 Å². The van der Waals surface area contributed by atoms with E-state index in [0.717, 1.165) is 43.3 Å². The molecular formula is C16H19N7O2S. The number of rotatable bonds is 4. The first-order chi connectivity index (χ1) is 12.5. The first-order valence-electron chi connectivity index (χ1n) is 8.45. The summed E-state index contributed by atoms with van der Waals surface area (Å²) in [6.45, 7) is 5.54. The van der Waals surface area contributed by atoms with Crippen LogP contribution in [0.15, 0.2) is 17.6 Å². The molecule has 0 aliphatic carbocycles. The molecule has 0 radical (unpaired) electrons. The van der Waals surface area contributed by atoms with Gasteiger partial charge in [-0.3, -0.25) is 0 Å². The summed E-state index contributed by atoms with van der Waals surface area (Å²) in [5, 5.41) is 16.5. The molecule has 1 fully saturated rings. The molecule has 3 aromatic heterocycles. The van der Waals surface area contributed by atoms with E-state index in [9.17, 15) is 10.1 Å². The Labute approximate surface area is 153 Å². The second kappa shape index (κ2) is 6.52. The minimum atomic E-state index is -0.378. The van der Waals surface area contributed by atoms with E-state index in [1.54, 1.807) is 11.6 Å². The normalized spacial score (nSPS) is 15.5. The summed E-state index contributed by atoms with van der Waals surface area (Å²) in [5.41, 5.74) is 0.960. The van der Waals surface area contributed by atoms with Crippen molar-refractivity contribution in [2.75, 3.05) is 23.3 Å². The number of anilines is 2. The zero-order valence-electron chi connectivity index (χ0n) is 14.5. The number of piperidine rings is 1. The highest BCUT2D eigenvalue weighted by Crippen LogP contribution is 2.30. The maximum absolute atomic E-state index is 11.4. The zero-order valence-corrected chi connectivity index (χ0v) is 15.4. The molecule has 9 nitrogen and oxygen atoms in total. The first-order valence-corrected chi connectivity index (χ1v) is 9.33. The number of thiazole rings is 1. The minimum Gasteiger partial charge on any atom is -0.360 e. The summed E-state index contributed by atoms with van der Waals surface area (Å²) in [7, 11) is 0. The Morgan fingerprint density at radius 3 is 2.73 bits per heavy atom. The molecule has 10 heteroatoms. The second-order valence-electron chi connectivity index (χ2n) is 6.42. The zero-order chi connectivity index (χ0) is 18.3. The van der Waals surface area contributed by atoms with Gasteiger partial charge in [0.15, 0.2) is 0 Å². The van der Waals surface area contributed by atoms with Crippen LogP contribution in [0.25, 0.3) is 4.96 Å². The molecule has 1 aliphatic heterocycles. The molecule has 0 amide bonds. The van der Waals surface area contributed by atoms with E-state index in [0.29, 0.717) is 10.8 Å². The summed E-state index contributed by atoms with van der Waals surface area (Å²) < 4.78 is 1.52. The van der Waals surface area contributed by atoms with E-state index in [1.165, 1.54) is 15.7 Å². The average molecular weight is 373 g/mol. The van der Waals surface area contributed by atoms with Gasteiger partial charge in [0.05, 0.1) is 0 Å². The van der Waals surface area contributed by atoms with Gasteiger partial charge in [-0.05, 0) is 31.6 Å². The number of nitro groups is 1. The highest BCUT2D eigenvalue weighted by atomic mass is 32.1. The summed E-state index contributed by atoms with van der Waals surface area (Å²) in [5.74, 6) is 2.08. The maximum atomic E-state index is 11.4. The number of nitrogens with zero attached hydrogens (tertiary/aromatic N) is 6. The molecular weight excluding hydrogens is 354 g/mol. The van der Waals surface area contributed by atoms with Gasteiger partial charge in [-0.1, -0.05) is 11.3 Å². The van der Waals surface area contributed by atoms with Crippen LogP contribution in [-0.4, -0.2) is 43.4 Å². The van der Waals surface area contributed by atoms with Crippen molar-refractivity contribution in [1.82, 2.24) is 19.4 Å². The number of hydrogen-bond acceptors (Lipinski definition) is 8. The molecule has 0 bridgehead atoms. The van der Waals surface area contributed by atoms with Crippen LogP contribution in [-0.2, 0) is 0 Å². The van der Waals surface area contributed by atoms with Gasteiger partial charge in [0.25, 0.3) is 4.96 Å². The Morgan fingerprint density at radius 1 is 1.27 bits per heavy atom. The van der Waals surface area contributed by atoms with E-state index >= 15 is 0 Å². The molecule has 4 heterocycles. The summed E-state index contributed by atoms with van der Waals surface area (Å²) in [6, 6.07) is 2.15. The second-order valence-corrected chi connectivity index (χ2v) is 7.29. The largest absolute Gasteiger partial charge is 0.372 e. The van der Waals surface area contributed by atoms with Gasteiger partial charge < -0.3 is 20.3 Å². The fourth-order valence-electron chi connectivity index (χ4n) is 3.35. The third-order valence-electron chi connectivity index (χ3n) is 4.52. The summed E-state index contributed by atoms with van der Waals surface area (Å²) >= 11 is 1.39. The molecule has 0 spiro atoms. The molecule has 1 saturated heterocycles. The lowest BCUT2D eigenvalue weighted by Gasteiger charge is -2.33. The van der Waals surface area contributed by atoms with Gasteiger partial charge in [-0.15, -0.1) is 0 Å². The fourth-order valence-corrected chi connectivity index (χ4v) is 4.06. The van der Waals surface area contributed by atoms with Crippen molar-refractivity contribution in [2.45, 2.75) is 32.7 Å². The van der Waals surface area contributed by atoms with Crippen molar-refractivity contribution in [3.05, 3.63) is 39.3 Å². The molecule has 0 saturated carbocycles. The van der Waals surface area contributed by atoms with Gasteiger partial charge >= 0.3 is 5.82 Å². The van der Waals surface area contributed by atoms with E-state index in [4.69, 9.17) is 0 Å². The van der Waals surface area contributed by atoms with Crippen LogP contribution in [0, 0.1) is 24.0 Å². The lowest BCUT2D eigenvalue weighted by molar-refractivity contribution is -0.389. The molecule has 0 unspecified atom stereocenters. The molecule has 0 atom stereocenters. The Morgan fingerprint density at radius 2 is 2.04 bits per heavy atom. The first kappa shape index (κ1) is 16.7. The summed E-state index contributed by atoms with van der Waals surface area (Å²) in [6.07, 6.45) is 3.41. The third kappa shape index (κ3) is 3.07. The van der Waals surface area contributed by atoms with Crippen molar-refractivity contribution in [3.8, 4) is 0 Å². The Bertz CT molecular complexity index is 939. The predicted molar refractivity (Wildman–Crippen MR) is 100 cm³/mol. The number of nitrogens with one attached hydrogen (secondary N) is 1. The number of aryl methyl sites for hydroxylation is 2. The van der Waals surface area contributed by atoms with E-state index < -0.39 is 0 Å². The monoisotopic (exact) mass is 373 g/mol. The third-order valence-corrected chi connectivity index (χ3v) is 5.28. The average Bonchev–Trinajstić information content (AvgIpc) is 3.14. The van der Waals surface area contributed by atoms with Crippen molar-refractivity contribution >= 4 is 33.8 Å². The van der Waals surface area contributed by atoms with Crippen LogP contribution in [0.4, 0.5) is 17.5 Å². The quantitative estimate of drug-likeness (QED) is 0.554. The minimum absolute atomic E-state index is 0.00531. The standard InChI is InChI=1S/C16H19N7O2S/c1-10-9-13(18-11(2)17-10)21-5-3-12(4-6-21)19-14-15(23(24)25)22-7-8-26-16(22)20-14/h7-9,12,19H,3-6H2,1-2H3. The lowest BCUT2D eigenvalue weighted by atomic mass is 10.1. The Hall–Kier alpha value is -2.75. The van der Waals surface area contributed by atoms with Crippen LogP contribution in [0.3, 0.4) is 0 Å². The van der Waals surface area contributed by atoms with Gasteiger partial charge in [0.2, 0.25) is 5.82 Å². The van der Waals surface area contributed by atoms with Gasteiger partial charge in [0, 0.05) is 36.3 Å². The lowest BCUT2D eigenvalue weighted by Crippen LogP contribution is -2.39. The van der Waals surface area contributed by atoms with Crippen LogP contribution >= 0.6 is 11.3 Å². The SMILES string of the molecule is Cc1cc(N2CCC(Nc3nc4sccn4c3[N+](=O)[O-])CC2)nc(C)n1. The van der Waals surface area contributed by atoms with Crippen LogP contribution in [0.2, 0.25) is 0 Å². The molecule has 136 valence electrons. The van der Waals surface area contributed by atoms with Gasteiger partial charge in [-0.2, -0.15) is 9.38 Å². The van der Waals surface area contributed by atoms with Crippen molar-refractivity contribution in [3.63, 3.8) is 0 Å². The molecule has 4 rings (SSSR count). The molecule has 1 N–H and O–H groups in total. The number of imidazole rings is 1. The predicted octanol–water partition coefficient (Wildman–Crippen LogP) is 2.79. The molecule has 0 aromatic carbocycles. The van der Waals surface area contributed by atoms with Crippen LogP contribution < -0.4 is 10.2 Å². The maximum Gasteiger partial charge on any atom is 0.372 e. The highest BCUT2D eigenvalue weighted by molar-refractivity contribution is 7.15. The highest BCUT2D eigenvalue weighted by Gasteiger charge is 2.27. The van der Waals surface area contributed by atoms with Gasteiger partial charge in [0.1, 0.15) is 17.8 Å². The summed E-state index contributed by atoms with van der Waals surface area (Å²) in [4.78, 5) is 27.1. The van der Waals surface area contributed by atoms with E-state index in [1.807, 2.05) is 19.9 Å². The number of hydrogen-bond donors (Lipinski definition) is 1. The van der Waals surface area contributed by atoms with Crippen LogP contribution in [0.5, 0.6) is 0 Å². The molecule has 3 aromatic rings. The van der Waals surface area contributed by atoms with Crippen LogP contribution in [0.1, 0.15) is 24.4 Å². The van der Waals surface area contributed by atoms with E-state index in [2.05, 4.69) is 25.2 Å². The fraction of sp³-hybridized carbons (Fsp3) is 0.438.